The average Bonchev–Trinajstić information content (AvgIpc) is 3.13. The molecule has 2 atom stereocenters. The van der Waals surface area contributed by atoms with Crippen molar-refractivity contribution in [3.8, 4) is 5.69 Å². The molecule has 0 bridgehead atoms. The van der Waals surface area contributed by atoms with Gasteiger partial charge in [-0.15, -0.1) is 0 Å². The molecular formula is C21H24ClN3O2. The molecule has 142 valence electrons. The first-order valence-electron chi connectivity index (χ1n) is 8.89. The summed E-state index contributed by atoms with van der Waals surface area (Å²) < 4.78 is 10.5. The molecule has 0 fully saturated rings. The van der Waals surface area contributed by atoms with Gasteiger partial charge in [0.25, 0.3) is 0 Å². The van der Waals surface area contributed by atoms with Crippen molar-refractivity contribution in [2.24, 2.45) is 0 Å². The van der Waals surface area contributed by atoms with Crippen molar-refractivity contribution in [3.63, 3.8) is 0 Å². The Bertz CT molecular complexity index is 976. The second-order valence-corrected chi connectivity index (χ2v) is 7.33. The lowest BCUT2D eigenvalue weighted by Gasteiger charge is -2.23. The maximum Gasteiger partial charge on any atom is 0.304 e. The van der Waals surface area contributed by atoms with Crippen molar-refractivity contribution in [2.45, 2.75) is 45.9 Å². The van der Waals surface area contributed by atoms with Gasteiger partial charge in [0, 0.05) is 11.5 Å². The summed E-state index contributed by atoms with van der Waals surface area (Å²) in [4.78, 5) is 0. The fourth-order valence-electron chi connectivity index (χ4n) is 4.56. The minimum absolute atomic E-state index is 0. The molecular weight excluding hydrogens is 362 g/mol. The summed E-state index contributed by atoms with van der Waals surface area (Å²) in [6, 6.07) is 13.4. The Morgan fingerprint density at radius 3 is 2.56 bits per heavy atom. The fourth-order valence-corrected chi connectivity index (χ4v) is 4.56. The van der Waals surface area contributed by atoms with E-state index in [1.165, 1.54) is 33.5 Å². The van der Waals surface area contributed by atoms with Crippen LogP contribution in [0, 0.1) is 20.8 Å². The summed E-state index contributed by atoms with van der Waals surface area (Å²) in [5, 5.41) is 4.86. The van der Waals surface area contributed by atoms with Crippen LogP contribution in [0.15, 0.2) is 42.7 Å². The molecule has 1 aliphatic carbocycles. The Labute approximate surface area is 165 Å². The van der Waals surface area contributed by atoms with Crippen molar-refractivity contribution in [1.29, 1.82) is 0 Å². The molecule has 2 aromatic carbocycles. The Kier molecular flexibility index (Phi) is 5.12. The minimum Gasteiger partial charge on any atom is -1.00 e. The zero-order valence-corrected chi connectivity index (χ0v) is 16.5. The van der Waals surface area contributed by atoms with Crippen molar-refractivity contribution in [1.82, 2.24) is 9.78 Å². The van der Waals surface area contributed by atoms with E-state index in [-0.39, 0.29) is 30.0 Å². The van der Waals surface area contributed by atoms with Crippen LogP contribution in [0.4, 0.5) is 0 Å². The molecule has 27 heavy (non-hydrogen) atoms. The third-order valence-electron chi connectivity index (χ3n) is 5.49. The van der Waals surface area contributed by atoms with Crippen molar-refractivity contribution < 1.29 is 27.2 Å². The topological polar surface area (TPSA) is 62.4 Å². The molecule has 0 unspecified atom stereocenters. The first-order valence-corrected chi connectivity index (χ1v) is 8.89. The van der Waals surface area contributed by atoms with E-state index in [1.807, 2.05) is 4.68 Å². The van der Waals surface area contributed by atoms with E-state index in [0.717, 1.165) is 12.2 Å². The van der Waals surface area contributed by atoms with Crippen LogP contribution in [0.25, 0.3) is 5.69 Å². The van der Waals surface area contributed by atoms with E-state index in [0.29, 0.717) is 6.61 Å². The van der Waals surface area contributed by atoms with Gasteiger partial charge in [0.2, 0.25) is 6.33 Å². The number of hydrogen-bond acceptors (Lipinski definition) is 2. The summed E-state index contributed by atoms with van der Waals surface area (Å²) in [5.74, 6) is 0.998. The molecule has 2 N–H and O–H groups in total. The van der Waals surface area contributed by atoms with Gasteiger partial charge in [0.05, 0.1) is 0 Å². The van der Waals surface area contributed by atoms with Crippen LogP contribution in [0.5, 0.6) is 0 Å². The molecule has 2 heterocycles. The lowest BCUT2D eigenvalue weighted by atomic mass is 10.1. The number of rotatable bonds is 1. The largest absolute Gasteiger partial charge is 1.00 e. The smallest absolute Gasteiger partial charge is 0.304 e. The highest BCUT2D eigenvalue weighted by molar-refractivity contribution is 5.48. The third-order valence-corrected chi connectivity index (χ3v) is 5.49. The van der Waals surface area contributed by atoms with Crippen molar-refractivity contribution in [3.05, 3.63) is 76.4 Å². The molecule has 0 amide bonds. The van der Waals surface area contributed by atoms with E-state index >= 15 is 0 Å². The number of halogens is 1. The van der Waals surface area contributed by atoms with Crippen LogP contribution in [0.3, 0.4) is 0 Å². The highest BCUT2D eigenvalue weighted by Crippen LogP contribution is 2.35. The van der Waals surface area contributed by atoms with Gasteiger partial charge in [-0.05, 0) is 43.0 Å². The van der Waals surface area contributed by atoms with Gasteiger partial charge in [-0.2, -0.15) is 0 Å². The van der Waals surface area contributed by atoms with Gasteiger partial charge in [-0.25, -0.2) is 4.57 Å². The molecule has 0 spiro atoms. The van der Waals surface area contributed by atoms with Gasteiger partial charge < -0.3 is 22.6 Å². The van der Waals surface area contributed by atoms with E-state index < -0.39 is 0 Å². The predicted molar refractivity (Wildman–Crippen MR) is 98.4 cm³/mol. The number of ether oxygens (including phenoxy) is 1. The molecule has 5 nitrogen and oxygen atoms in total. The van der Waals surface area contributed by atoms with Crippen molar-refractivity contribution in [2.75, 3.05) is 0 Å². The predicted octanol–water partition coefficient (Wildman–Crippen LogP) is -0.691. The average molecular weight is 386 g/mol. The molecule has 1 aromatic heterocycles. The lowest BCUT2D eigenvalue weighted by Crippen LogP contribution is -3.00. The normalized spacial score (nSPS) is 19.4. The number of aromatic nitrogens is 3. The Morgan fingerprint density at radius 1 is 1.11 bits per heavy atom. The molecule has 0 saturated carbocycles. The Hall–Kier alpha value is -2.21. The molecule has 3 aromatic rings. The van der Waals surface area contributed by atoms with Gasteiger partial charge in [0.15, 0.2) is 0 Å². The molecule has 2 aliphatic rings. The third kappa shape index (κ3) is 2.96. The van der Waals surface area contributed by atoms with Gasteiger partial charge in [-0.1, -0.05) is 46.6 Å². The van der Waals surface area contributed by atoms with Gasteiger partial charge >= 0.3 is 5.82 Å². The first-order chi connectivity index (χ1) is 12.1. The Balaban J connectivity index is 0.00000105. The monoisotopic (exact) mass is 385 g/mol. The second-order valence-electron chi connectivity index (χ2n) is 7.33. The SMILES string of the molecule is Cc1cc(C)c(-n2c[n+]3c(n2)CO[C@@H]2Cc4ccccc4[C@@H]23)c(C)c1.O.[Cl-]. The maximum absolute atomic E-state index is 6.14. The zero-order valence-electron chi connectivity index (χ0n) is 15.7. The highest BCUT2D eigenvalue weighted by Gasteiger charge is 2.43. The van der Waals surface area contributed by atoms with Gasteiger partial charge in [-0.3, -0.25) is 0 Å². The van der Waals surface area contributed by atoms with E-state index in [2.05, 4.69) is 68.1 Å². The molecule has 5 rings (SSSR count). The fraction of sp³-hybridized carbons (Fsp3) is 0.333. The maximum atomic E-state index is 6.14. The van der Waals surface area contributed by atoms with Crippen LogP contribution in [-0.4, -0.2) is 21.4 Å². The molecule has 0 saturated heterocycles. The van der Waals surface area contributed by atoms with Crippen LogP contribution in [0.2, 0.25) is 0 Å². The van der Waals surface area contributed by atoms with Crippen LogP contribution < -0.4 is 17.0 Å². The number of fused-ring (bicyclic) bond motifs is 5. The van der Waals surface area contributed by atoms with Crippen LogP contribution >= 0.6 is 0 Å². The van der Waals surface area contributed by atoms with E-state index in [1.54, 1.807) is 0 Å². The molecule has 1 aliphatic heterocycles. The standard InChI is InChI=1S/C21H22N3O.ClH.H2O/c1-13-8-14(2)20(15(3)9-13)24-12-23-19(22-24)11-25-18-10-16-6-4-5-7-17(16)21(18)23;;/h4-9,12,18,21H,10-11H2,1-3H3;1H;1H2/q+1;;/p-1/t18-,21+;;/m1../s1. The minimum atomic E-state index is 0. The first kappa shape index (κ1) is 19.5. The van der Waals surface area contributed by atoms with E-state index in [4.69, 9.17) is 9.84 Å². The van der Waals surface area contributed by atoms with Gasteiger partial charge in [0.1, 0.15) is 24.4 Å². The van der Waals surface area contributed by atoms with Crippen molar-refractivity contribution >= 4 is 0 Å². The van der Waals surface area contributed by atoms with E-state index in [9.17, 15) is 0 Å². The quantitative estimate of drug-likeness (QED) is 0.520. The summed E-state index contributed by atoms with van der Waals surface area (Å²) >= 11 is 0. The zero-order chi connectivity index (χ0) is 17.1. The summed E-state index contributed by atoms with van der Waals surface area (Å²) in [5.41, 5.74) is 7.74. The summed E-state index contributed by atoms with van der Waals surface area (Å²) in [7, 11) is 0. The lowest BCUT2D eigenvalue weighted by molar-refractivity contribution is -0.739. The van der Waals surface area contributed by atoms with Crippen LogP contribution in [-0.2, 0) is 17.8 Å². The summed E-state index contributed by atoms with van der Waals surface area (Å²) in [6.07, 6.45) is 3.36. The summed E-state index contributed by atoms with van der Waals surface area (Å²) in [6.45, 7) is 7.03. The number of aryl methyl sites for hydroxylation is 3. The second kappa shape index (κ2) is 7.08. The highest BCUT2D eigenvalue weighted by atomic mass is 35.5. The number of nitrogens with zero attached hydrogens (tertiary/aromatic N) is 3. The van der Waals surface area contributed by atoms with Crippen LogP contribution in [0.1, 0.15) is 39.7 Å². The molecule has 6 heteroatoms. The Morgan fingerprint density at radius 2 is 1.81 bits per heavy atom. The number of hydrogen-bond donors (Lipinski definition) is 0. The molecule has 0 radical (unpaired) electrons. The number of benzene rings is 2.